The van der Waals surface area contributed by atoms with Crippen LogP contribution in [-0.4, -0.2) is 12.0 Å². The Morgan fingerprint density at radius 2 is 1.91 bits per heavy atom. The van der Waals surface area contributed by atoms with E-state index in [0.717, 1.165) is 5.56 Å². The summed E-state index contributed by atoms with van der Waals surface area (Å²) in [5.41, 5.74) is 1.29. The van der Waals surface area contributed by atoms with Gasteiger partial charge in [0.15, 0.2) is 6.10 Å². The highest BCUT2D eigenvalue weighted by Crippen LogP contribution is 2.23. The number of hydrogen-bond acceptors (Lipinski definition) is 2. The van der Waals surface area contributed by atoms with Crippen LogP contribution in [0.4, 0.5) is 4.39 Å². The zero-order chi connectivity index (χ0) is 17.0. The zero-order valence-corrected chi connectivity index (χ0v) is 14.0. The topological polar surface area (TPSA) is 38.3 Å². The summed E-state index contributed by atoms with van der Waals surface area (Å²) in [6, 6.07) is 11.1. The van der Waals surface area contributed by atoms with Gasteiger partial charge in [-0.2, -0.15) is 0 Å². The molecule has 0 bridgehead atoms. The van der Waals surface area contributed by atoms with Gasteiger partial charge < -0.3 is 10.1 Å². The van der Waals surface area contributed by atoms with Crippen LogP contribution in [-0.2, 0) is 4.79 Å². The van der Waals surface area contributed by atoms with Gasteiger partial charge in [0.2, 0.25) is 0 Å². The van der Waals surface area contributed by atoms with Crippen molar-refractivity contribution in [1.82, 2.24) is 5.32 Å². The first-order valence-corrected chi connectivity index (χ1v) is 7.74. The van der Waals surface area contributed by atoms with Gasteiger partial charge in [-0.25, -0.2) is 4.39 Å². The summed E-state index contributed by atoms with van der Waals surface area (Å²) in [4.78, 5) is 12.2. The highest BCUT2D eigenvalue weighted by Gasteiger charge is 2.19. The van der Waals surface area contributed by atoms with Crippen molar-refractivity contribution in [3.63, 3.8) is 0 Å². The second kappa shape index (κ2) is 7.47. The third kappa shape index (κ3) is 4.45. The highest BCUT2D eigenvalue weighted by molar-refractivity contribution is 6.30. The molecule has 2 rings (SSSR count). The normalized spacial score (nSPS) is 13.3. The quantitative estimate of drug-likeness (QED) is 0.877. The summed E-state index contributed by atoms with van der Waals surface area (Å²) in [7, 11) is 0. The van der Waals surface area contributed by atoms with Crippen molar-refractivity contribution >= 4 is 17.5 Å². The molecule has 0 spiro atoms. The van der Waals surface area contributed by atoms with Crippen LogP contribution >= 0.6 is 11.6 Å². The molecular formula is C18H19ClFNO2. The number of nitrogens with one attached hydrogen (secondary N) is 1. The minimum Gasteiger partial charge on any atom is -0.481 e. The van der Waals surface area contributed by atoms with E-state index in [4.69, 9.17) is 16.3 Å². The lowest BCUT2D eigenvalue weighted by atomic mass is 10.1. The van der Waals surface area contributed by atoms with Crippen molar-refractivity contribution in [3.05, 3.63) is 64.4 Å². The lowest BCUT2D eigenvalue weighted by Gasteiger charge is -2.20. The Kier molecular flexibility index (Phi) is 5.61. The fourth-order valence-corrected chi connectivity index (χ4v) is 2.45. The smallest absolute Gasteiger partial charge is 0.261 e. The van der Waals surface area contributed by atoms with E-state index in [9.17, 15) is 9.18 Å². The number of amides is 1. The molecule has 3 nitrogen and oxygen atoms in total. The first kappa shape index (κ1) is 17.3. The SMILES string of the molecule is Cc1cc(Cl)ccc1O[C@H](C)C(=O)N[C@H](C)c1ccccc1F. The molecule has 0 unspecified atom stereocenters. The Balaban J connectivity index is 2.01. The number of aryl methyl sites for hydroxylation is 1. The molecular weight excluding hydrogens is 317 g/mol. The molecule has 0 aliphatic rings. The molecule has 0 saturated carbocycles. The second-order valence-electron chi connectivity index (χ2n) is 5.42. The van der Waals surface area contributed by atoms with E-state index < -0.39 is 12.1 Å². The number of rotatable bonds is 5. The number of halogens is 2. The van der Waals surface area contributed by atoms with E-state index in [1.807, 2.05) is 6.92 Å². The summed E-state index contributed by atoms with van der Waals surface area (Å²) in [5, 5.41) is 3.37. The minimum atomic E-state index is -0.705. The first-order valence-electron chi connectivity index (χ1n) is 7.36. The molecule has 0 radical (unpaired) electrons. The van der Waals surface area contributed by atoms with Gasteiger partial charge in [-0.1, -0.05) is 29.8 Å². The standard InChI is InChI=1S/C18H19ClFNO2/c1-11-10-14(19)8-9-17(11)23-13(3)18(22)21-12(2)15-6-4-5-7-16(15)20/h4-10,12-13H,1-3H3,(H,21,22)/t12-,13-/m1/s1. The fraction of sp³-hybridized carbons (Fsp3) is 0.278. The molecule has 1 amide bonds. The maximum absolute atomic E-state index is 13.7. The van der Waals surface area contributed by atoms with Gasteiger partial charge in [0.05, 0.1) is 6.04 Å². The number of ether oxygens (including phenoxy) is 1. The summed E-state index contributed by atoms with van der Waals surface area (Å²) >= 11 is 5.90. The molecule has 0 aliphatic heterocycles. The Labute approximate surface area is 140 Å². The Bertz CT molecular complexity index is 705. The molecule has 122 valence electrons. The van der Waals surface area contributed by atoms with Crippen molar-refractivity contribution in [1.29, 1.82) is 0 Å². The van der Waals surface area contributed by atoms with Crippen LogP contribution in [0.2, 0.25) is 5.02 Å². The van der Waals surface area contributed by atoms with Gasteiger partial charge in [-0.15, -0.1) is 0 Å². The van der Waals surface area contributed by atoms with Crippen LogP contribution < -0.4 is 10.1 Å². The molecule has 0 fully saturated rings. The Hall–Kier alpha value is -2.07. The van der Waals surface area contributed by atoms with Crippen molar-refractivity contribution in [2.24, 2.45) is 0 Å². The predicted molar refractivity (Wildman–Crippen MR) is 89.2 cm³/mol. The molecule has 2 atom stereocenters. The van der Waals surface area contributed by atoms with Gasteiger partial charge in [0.25, 0.3) is 5.91 Å². The third-order valence-electron chi connectivity index (χ3n) is 3.54. The summed E-state index contributed by atoms with van der Waals surface area (Å²) in [5.74, 6) is -0.0619. The maximum Gasteiger partial charge on any atom is 0.261 e. The van der Waals surface area contributed by atoms with E-state index in [2.05, 4.69) is 5.32 Å². The van der Waals surface area contributed by atoms with E-state index >= 15 is 0 Å². The highest BCUT2D eigenvalue weighted by atomic mass is 35.5. The maximum atomic E-state index is 13.7. The first-order chi connectivity index (χ1) is 10.9. The zero-order valence-electron chi connectivity index (χ0n) is 13.3. The molecule has 5 heteroatoms. The summed E-state index contributed by atoms with van der Waals surface area (Å²) in [6.45, 7) is 5.24. The fourth-order valence-electron chi connectivity index (χ4n) is 2.22. The summed E-state index contributed by atoms with van der Waals surface area (Å²) < 4.78 is 19.4. The molecule has 1 N–H and O–H groups in total. The molecule has 2 aromatic carbocycles. The Morgan fingerprint density at radius 1 is 1.22 bits per heavy atom. The van der Waals surface area contributed by atoms with E-state index in [1.165, 1.54) is 6.07 Å². The van der Waals surface area contributed by atoms with Crippen LogP contribution in [0.3, 0.4) is 0 Å². The molecule has 2 aromatic rings. The van der Waals surface area contributed by atoms with Crippen LogP contribution in [0.15, 0.2) is 42.5 Å². The van der Waals surface area contributed by atoms with E-state index in [1.54, 1.807) is 50.2 Å². The molecule has 0 heterocycles. The van der Waals surface area contributed by atoms with Gasteiger partial charge in [0, 0.05) is 10.6 Å². The molecule has 23 heavy (non-hydrogen) atoms. The molecule has 0 aliphatic carbocycles. The van der Waals surface area contributed by atoms with Crippen LogP contribution in [0.1, 0.15) is 31.0 Å². The van der Waals surface area contributed by atoms with Crippen molar-refractivity contribution < 1.29 is 13.9 Å². The predicted octanol–water partition coefficient (Wildman–Crippen LogP) is 4.43. The van der Waals surface area contributed by atoms with E-state index in [-0.39, 0.29) is 11.7 Å². The number of carbonyl (C=O) groups excluding carboxylic acids is 1. The second-order valence-corrected chi connectivity index (χ2v) is 5.86. The van der Waals surface area contributed by atoms with Gasteiger partial charge in [-0.3, -0.25) is 4.79 Å². The van der Waals surface area contributed by atoms with Crippen molar-refractivity contribution in [2.75, 3.05) is 0 Å². The number of hydrogen-bond donors (Lipinski definition) is 1. The van der Waals surface area contributed by atoms with Crippen molar-refractivity contribution in [3.8, 4) is 5.75 Å². The number of carbonyl (C=O) groups is 1. The van der Waals surface area contributed by atoms with Crippen LogP contribution in [0, 0.1) is 12.7 Å². The largest absolute Gasteiger partial charge is 0.481 e. The minimum absolute atomic E-state index is 0.310. The third-order valence-corrected chi connectivity index (χ3v) is 3.78. The molecule has 0 aromatic heterocycles. The average molecular weight is 336 g/mol. The van der Waals surface area contributed by atoms with Crippen molar-refractivity contribution in [2.45, 2.75) is 32.9 Å². The Morgan fingerprint density at radius 3 is 2.57 bits per heavy atom. The number of benzene rings is 2. The monoisotopic (exact) mass is 335 g/mol. The lowest BCUT2D eigenvalue weighted by Crippen LogP contribution is -2.38. The summed E-state index contributed by atoms with van der Waals surface area (Å²) in [6.07, 6.45) is -0.705. The van der Waals surface area contributed by atoms with E-state index in [0.29, 0.717) is 16.3 Å². The van der Waals surface area contributed by atoms with Gasteiger partial charge in [0.1, 0.15) is 11.6 Å². The molecule has 0 saturated heterocycles. The van der Waals surface area contributed by atoms with Crippen LogP contribution in [0.25, 0.3) is 0 Å². The van der Waals surface area contributed by atoms with Gasteiger partial charge >= 0.3 is 0 Å². The lowest BCUT2D eigenvalue weighted by molar-refractivity contribution is -0.127. The van der Waals surface area contributed by atoms with Crippen LogP contribution in [0.5, 0.6) is 5.75 Å². The van der Waals surface area contributed by atoms with Gasteiger partial charge in [-0.05, 0) is 50.6 Å². The average Bonchev–Trinajstić information content (AvgIpc) is 2.50.